The molecule has 3 heterocycles. The van der Waals surface area contributed by atoms with Gasteiger partial charge in [0.25, 0.3) is 0 Å². The van der Waals surface area contributed by atoms with E-state index < -0.39 is 10.8 Å². The highest BCUT2D eigenvalue weighted by molar-refractivity contribution is 7.84. The van der Waals surface area contributed by atoms with Crippen molar-refractivity contribution in [3.63, 3.8) is 0 Å². The van der Waals surface area contributed by atoms with Crippen LogP contribution in [0.1, 0.15) is 13.8 Å². The molecule has 29 heavy (non-hydrogen) atoms. The number of hydrogen-bond donors (Lipinski definition) is 2. The largest absolute Gasteiger partial charge is 0.381 e. The quantitative estimate of drug-likeness (QED) is 0.763. The number of anilines is 1. The van der Waals surface area contributed by atoms with E-state index in [0.717, 1.165) is 6.54 Å². The zero-order valence-corrected chi connectivity index (χ0v) is 17.9. The van der Waals surface area contributed by atoms with E-state index in [1.54, 1.807) is 13.2 Å². The number of halogens is 1. The second-order valence-corrected chi connectivity index (χ2v) is 9.44. The molecule has 1 aromatic carbocycles. The van der Waals surface area contributed by atoms with E-state index in [4.69, 9.17) is 9.47 Å². The monoisotopic (exact) mass is 424 g/mol. The molecule has 160 valence electrons. The molecular weight excluding hydrogens is 395 g/mol. The lowest BCUT2D eigenvalue weighted by Crippen LogP contribution is -2.54. The Hall–Kier alpha value is -1.55. The number of fused-ring (bicyclic) bond motifs is 1. The first kappa shape index (κ1) is 20.7. The van der Waals surface area contributed by atoms with E-state index in [0.29, 0.717) is 59.9 Å². The number of H-pyrrole nitrogens is 1. The van der Waals surface area contributed by atoms with Crippen molar-refractivity contribution >= 4 is 27.5 Å². The van der Waals surface area contributed by atoms with Crippen molar-refractivity contribution in [1.82, 2.24) is 15.3 Å². The van der Waals surface area contributed by atoms with E-state index in [9.17, 15) is 8.60 Å². The molecule has 0 amide bonds. The number of aromatic amines is 1. The summed E-state index contributed by atoms with van der Waals surface area (Å²) in [6.07, 6.45) is 0.138. The predicted octanol–water partition coefficient (Wildman–Crippen LogP) is 1.91. The Bertz CT molecular complexity index is 886. The Morgan fingerprint density at radius 1 is 1.34 bits per heavy atom. The van der Waals surface area contributed by atoms with Crippen LogP contribution in [-0.4, -0.2) is 72.0 Å². The van der Waals surface area contributed by atoms with Crippen LogP contribution in [0.25, 0.3) is 11.0 Å². The van der Waals surface area contributed by atoms with Crippen molar-refractivity contribution in [3.8, 4) is 0 Å². The minimum absolute atomic E-state index is 0.0749. The minimum atomic E-state index is -1.32. The number of nitrogens with zero attached hydrogens (tertiary/aromatic N) is 2. The topological polar surface area (TPSA) is 79.5 Å². The number of methoxy groups -OCH3 is 1. The third-order valence-corrected chi connectivity index (χ3v) is 7.40. The summed E-state index contributed by atoms with van der Waals surface area (Å²) in [4.78, 5) is 9.53. The third kappa shape index (κ3) is 4.19. The van der Waals surface area contributed by atoms with Gasteiger partial charge in [-0.25, -0.2) is 9.37 Å². The Labute approximate surface area is 172 Å². The Morgan fingerprint density at radius 2 is 2.10 bits per heavy atom. The van der Waals surface area contributed by atoms with E-state index in [2.05, 4.69) is 29.1 Å². The van der Waals surface area contributed by atoms with Gasteiger partial charge < -0.3 is 24.7 Å². The van der Waals surface area contributed by atoms with E-state index in [1.165, 1.54) is 6.07 Å². The number of morpholine rings is 1. The lowest BCUT2D eigenvalue weighted by molar-refractivity contribution is -0.0136. The van der Waals surface area contributed by atoms with Crippen molar-refractivity contribution in [2.45, 2.75) is 31.1 Å². The molecule has 2 aliphatic heterocycles. The summed E-state index contributed by atoms with van der Waals surface area (Å²) < 4.78 is 38.6. The number of ether oxygens (including phenoxy) is 2. The van der Waals surface area contributed by atoms with Gasteiger partial charge in [-0.2, -0.15) is 0 Å². The van der Waals surface area contributed by atoms with Crippen LogP contribution >= 0.6 is 0 Å². The summed E-state index contributed by atoms with van der Waals surface area (Å²) in [5.41, 5.74) is 1.71. The van der Waals surface area contributed by atoms with Gasteiger partial charge in [0.05, 0.1) is 46.8 Å². The molecular formula is C20H29FN4O3S. The second kappa shape index (κ2) is 8.67. The highest BCUT2D eigenvalue weighted by Crippen LogP contribution is 2.28. The SMILES string of the molecule is COC1C(C)CNC(CS(=O)c2nc3cc(N4CCOCC4)c(F)cc3[nH]2)C1C. The number of aromatic nitrogens is 2. The molecule has 5 unspecified atom stereocenters. The van der Waals surface area contributed by atoms with Crippen LogP contribution in [0.3, 0.4) is 0 Å². The molecule has 2 saturated heterocycles. The summed E-state index contributed by atoms with van der Waals surface area (Å²) in [7, 11) is 0.412. The molecule has 2 aliphatic rings. The van der Waals surface area contributed by atoms with Gasteiger partial charge in [0, 0.05) is 44.6 Å². The Kier molecular flexibility index (Phi) is 6.19. The summed E-state index contributed by atoms with van der Waals surface area (Å²) in [5, 5.41) is 3.87. The summed E-state index contributed by atoms with van der Waals surface area (Å²) in [5.74, 6) is 0.779. The van der Waals surface area contributed by atoms with Crippen molar-refractivity contribution in [2.24, 2.45) is 11.8 Å². The van der Waals surface area contributed by atoms with Gasteiger partial charge in [-0.05, 0) is 17.9 Å². The molecule has 0 saturated carbocycles. The zero-order valence-electron chi connectivity index (χ0n) is 17.1. The maximum absolute atomic E-state index is 14.6. The zero-order chi connectivity index (χ0) is 20.5. The number of benzene rings is 1. The normalized spacial score (nSPS) is 29.3. The molecule has 7 nitrogen and oxygen atoms in total. The van der Waals surface area contributed by atoms with Crippen molar-refractivity contribution < 1.29 is 18.1 Å². The summed E-state index contributed by atoms with van der Waals surface area (Å²) in [6.45, 7) is 7.58. The van der Waals surface area contributed by atoms with Gasteiger partial charge in [-0.15, -0.1) is 0 Å². The van der Waals surface area contributed by atoms with Crippen molar-refractivity contribution in [3.05, 3.63) is 17.9 Å². The maximum atomic E-state index is 14.6. The van der Waals surface area contributed by atoms with Gasteiger partial charge >= 0.3 is 0 Å². The van der Waals surface area contributed by atoms with Crippen LogP contribution in [0, 0.1) is 17.7 Å². The third-order valence-electron chi connectivity index (χ3n) is 6.12. The van der Waals surface area contributed by atoms with Crippen LogP contribution in [0.5, 0.6) is 0 Å². The number of rotatable bonds is 5. The molecule has 0 radical (unpaired) electrons. The second-order valence-electron chi connectivity index (χ2n) is 8.03. The van der Waals surface area contributed by atoms with Crippen LogP contribution in [-0.2, 0) is 20.3 Å². The summed E-state index contributed by atoms with van der Waals surface area (Å²) >= 11 is 0. The fraction of sp³-hybridized carbons (Fsp3) is 0.650. The first-order chi connectivity index (χ1) is 14.0. The highest BCUT2D eigenvalue weighted by Gasteiger charge is 2.35. The number of piperidine rings is 1. The number of imidazole rings is 1. The average Bonchev–Trinajstić information content (AvgIpc) is 3.13. The van der Waals surface area contributed by atoms with Crippen LogP contribution in [0.15, 0.2) is 17.3 Å². The molecule has 0 aliphatic carbocycles. The predicted molar refractivity (Wildman–Crippen MR) is 111 cm³/mol. The first-order valence-electron chi connectivity index (χ1n) is 10.1. The molecule has 1 aromatic heterocycles. The fourth-order valence-corrected chi connectivity index (χ4v) is 5.77. The van der Waals surface area contributed by atoms with Gasteiger partial charge in [0.2, 0.25) is 0 Å². The average molecular weight is 425 g/mol. The van der Waals surface area contributed by atoms with E-state index in [1.807, 2.05) is 4.90 Å². The molecule has 2 aromatic rings. The van der Waals surface area contributed by atoms with Crippen molar-refractivity contribution in [2.75, 3.05) is 50.6 Å². The Balaban J connectivity index is 1.52. The molecule has 9 heteroatoms. The van der Waals surface area contributed by atoms with Crippen LogP contribution in [0.2, 0.25) is 0 Å². The van der Waals surface area contributed by atoms with E-state index >= 15 is 0 Å². The molecule has 4 rings (SSSR count). The van der Waals surface area contributed by atoms with Gasteiger partial charge in [0.1, 0.15) is 5.82 Å². The summed E-state index contributed by atoms with van der Waals surface area (Å²) in [6, 6.07) is 3.25. The van der Waals surface area contributed by atoms with Crippen molar-refractivity contribution in [1.29, 1.82) is 0 Å². The van der Waals surface area contributed by atoms with Gasteiger partial charge in [-0.3, -0.25) is 4.21 Å². The van der Waals surface area contributed by atoms with Gasteiger partial charge in [0.15, 0.2) is 5.16 Å². The fourth-order valence-electron chi connectivity index (χ4n) is 4.44. The number of nitrogens with one attached hydrogen (secondary N) is 2. The number of hydrogen-bond acceptors (Lipinski definition) is 6. The minimum Gasteiger partial charge on any atom is -0.381 e. The molecule has 0 spiro atoms. The lowest BCUT2D eigenvalue weighted by atomic mass is 9.84. The van der Waals surface area contributed by atoms with Gasteiger partial charge in [-0.1, -0.05) is 13.8 Å². The molecule has 0 bridgehead atoms. The molecule has 5 atom stereocenters. The molecule has 2 N–H and O–H groups in total. The van der Waals surface area contributed by atoms with Crippen LogP contribution < -0.4 is 10.2 Å². The Morgan fingerprint density at radius 3 is 2.83 bits per heavy atom. The molecule has 2 fully saturated rings. The highest BCUT2D eigenvalue weighted by atomic mass is 32.2. The smallest absolute Gasteiger partial charge is 0.197 e. The van der Waals surface area contributed by atoms with Crippen LogP contribution in [0.4, 0.5) is 10.1 Å². The first-order valence-corrected chi connectivity index (χ1v) is 11.5. The standard InChI is InChI=1S/C20H29FN4O3S/c1-12-10-22-17(13(2)19(12)27-3)11-29(26)20-23-15-8-14(21)18(9-16(15)24-20)25-4-6-28-7-5-25/h8-9,12-13,17,19,22H,4-7,10-11H2,1-3H3,(H,23,24). The maximum Gasteiger partial charge on any atom is 0.197 e. The lowest BCUT2D eigenvalue weighted by Gasteiger charge is -2.39. The van der Waals surface area contributed by atoms with E-state index in [-0.39, 0.29) is 23.9 Å².